The summed E-state index contributed by atoms with van der Waals surface area (Å²) >= 11 is 0. The molecule has 10 aliphatic rings. The molecule has 0 aromatic heterocycles. The average molecular weight is 536 g/mol. The smallest absolute Gasteiger partial charge is 0.247 e. The lowest BCUT2D eigenvalue weighted by Gasteiger charge is -2.37. The van der Waals surface area contributed by atoms with Crippen LogP contribution in [0.4, 0.5) is 11.4 Å². The van der Waals surface area contributed by atoms with Crippen molar-refractivity contribution in [3.05, 3.63) is 72.9 Å². The zero-order chi connectivity index (χ0) is 26.6. The third-order valence-electron chi connectivity index (χ3n) is 11.6. The normalized spacial score (nSPS) is 53.7. The second-order valence-corrected chi connectivity index (χ2v) is 12.3. The van der Waals surface area contributed by atoms with Crippen molar-refractivity contribution in [3.63, 3.8) is 0 Å². The molecule has 0 aliphatic carbocycles. The van der Waals surface area contributed by atoms with Gasteiger partial charge >= 0.3 is 0 Å². The zero-order valence-electron chi connectivity index (χ0n) is 20.7. The second kappa shape index (κ2) is 5.84. The molecule has 0 radical (unpaired) electrons. The molecule has 8 bridgehead atoms. The number of nitrogens with zero attached hydrogens (tertiary/aromatic N) is 2. The fraction of sp³-hybridized carbons (Fsp3) is 0.400. The van der Waals surface area contributed by atoms with Crippen LogP contribution in [0.3, 0.4) is 0 Å². The molecule has 10 heteroatoms. The van der Waals surface area contributed by atoms with Crippen LogP contribution in [-0.2, 0) is 38.1 Å². The Labute approximate surface area is 226 Å². The number of fused-ring (bicyclic) bond motifs is 8. The summed E-state index contributed by atoms with van der Waals surface area (Å²) in [6, 6.07) is 6.53. The van der Waals surface area contributed by atoms with E-state index in [1.165, 1.54) is 9.80 Å². The molecule has 40 heavy (non-hydrogen) atoms. The van der Waals surface area contributed by atoms with E-state index in [1.54, 1.807) is 24.3 Å². The van der Waals surface area contributed by atoms with Gasteiger partial charge in [-0.15, -0.1) is 0 Å². The third-order valence-corrected chi connectivity index (χ3v) is 11.6. The monoisotopic (exact) mass is 536 g/mol. The molecule has 6 saturated heterocycles. The summed E-state index contributed by atoms with van der Waals surface area (Å²) < 4.78 is 24.4. The maximum Gasteiger partial charge on any atom is 0.247 e. The van der Waals surface area contributed by atoms with E-state index in [4.69, 9.17) is 18.9 Å². The summed E-state index contributed by atoms with van der Waals surface area (Å²) in [5, 5.41) is 0. The van der Waals surface area contributed by atoms with Crippen LogP contribution >= 0.6 is 0 Å². The minimum atomic E-state index is -1.13. The van der Waals surface area contributed by atoms with Crippen molar-refractivity contribution in [2.24, 2.45) is 21.7 Å². The van der Waals surface area contributed by atoms with Crippen LogP contribution in [0.25, 0.3) is 0 Å². The van der Waals surface area contributed by atoms with Gasteiger partial charge in [-0.05, 0) is 24.3 Å². The van der Waals surface area contributed by atoms with E-state index < -0.39 is 70.5 Å². The van der Waals surface area contributed by atoms with E-state index in [1.807, 2.05) is 48.6 Å². The van der Waals surface area contributed by atoms with Crippen molar-refractivity contribution in [2.75, 3.05) is 9.80 Å². The summed E-state index contributed by atoms with van der Waals surface area (Å²) in [4.78, 5) is 59.1. The van der Waals surface area contributed by atoms with Gasteiger partial charge in [0.25, 0.3) is 0 Å². The summed E-state index contributed by atoms with van der Waals surface area (Å²) in [5.74, 6) is -1.36. The molecular weight excluding hydrogens is 516 g/mol. The molecule has 1 aromatic rings. The predicted molar refractivity (Wildman–Crippen MR) is 132 cm³/mol. The molecule has 10 heterocycles. The number of hydrogen-bond donors (Lipinski definition) is 0. The van der Waals surface area contributed by atoms with Crippen LogP contribution in [0.2, 0.25) is 0 Å². The van der Waals surface area contributed by atoms with E-state index in [0.29, 0.717) is 11.4 Å². The first kappa shape index (κ1) is 21.1. The number of amides is 4. The average Bonchev–Trinajstić information content (AvgIpc) is 3.82. The third kappa shape index (κ3) is 1.56. The highest BCUT2D eigenvalue weighted by atomic mass is 16.6. The molecule has 4 unspecified atom stereocenters. The number of carbonyl (C=O) groups excluding carboxylic acids is 4. The highest BCUT2D eigenvalue weighted by Crippen LogP contribution is 2.74. The summed E-state index contributed by atoms with van der Waals surface area (Å²) in [5.41, 5.74) is -3.75. The maximum absolute atomic E-state index is 14.2. The van der Waals surface area contributed by atoms with Crippen molar-refractivity contribution in [1.82, 2.24) is 0 Å². The fourth-order valence-electron chi connectivity index (χ4n) is 10.2. The molecule has 6 fully saturated rings. The Morgan fingerprint density at radius 1 is 0.400 bits per heavy atom. The van der Waals surface area contributed by atoms with Crippen molar-refractivity contribution in [3.8, 4) is 0 Å². The minimum absolute atomic E-state index is 0.339. The molecular formula is C30H20N2O8. The predicted octanol–water partition coefficient (Wildman–Crippen LogP) is 0.727. The van der Waals surface area contributed by atoms with E-state index in [0.717, 1.165) is 0 Å². The number of ether oxygens (including phenoxy) is 4. The number of hydrogen-bond acceptors (Lipinski definition) is 8. The van der Waals surface area contributed by atoms with Gasteiger partial charge in [-0.3, -0.25) is 19.2 Å². The lowest BCUT2D eigenvalue weighted by molar-refractivity contribution is -0.134. The lowest BCUT2D eigenvalue weighted by atomic mass is 9.54. The number of imide groups is 2. The molecule has 0 saturated carbocycles. The molecule has 4 amide bonds. The number of benzene rings is 1. The number of rotatable bonds is 2. The molecule has 10 aliphatic heterocycles. The molecule has 12 atom stereocenters. The van der Waals surface area contributed by atoms with Gasteiger partial charge in [-0.25, -0.2) is 9.80 Å². The summed E-state index contributed by atoms with van der Waals surface area (Å²) in [7, 11) is 0. The molecule has 198 valence electrons. The van der Waals surface area contributed by atoms with Gasteiger partial charge in [0.1, 0.15) is 21.7 Å². The van der Waals surface area contributed by atoms with Crippen LogP contribution < -0.4 is 9.80 Å². The van der Waals surface area contributed by atoms with Gasteiger partial charge in [0.2, 0.25) is 23.6 Å². The first-order valence-corrected chi connectivity index (χ1v) is 13.7. The lowest BCUT2D eigenvalue weighted by Crippen LogP contribution is -2.56. The van der Waals surface area contributed by atoms with Crippen LogP contribution in [-0.4, -0.2) is 72.5 Å². The minimum Gasteiger partial charge on any atom is -0.364 e. The highest BCUT2D eigenvalue weighted by molar-refractivity contribution is 6.29. The zero-order valence-corrected chi connectivity index (χ0v) is 20.7. The molecule has 1 aromatic carbocycles. The SMILES string of the molecule is O=C1N(c2ccc(N3C(=O)C45[C@@H]6C=C[C@@H](O6)C4(C3=O)[C@@H]3C=C[C@H]5O3)cc2)C(=O)C23[C@@H]4C=C[C@@H](O4)C12[C@@H]1C=C[C@H]3O1. The Balaban J connectivity index is 0.998. The summed E-state index contributed by atoms with van der Waals surface area (Å²) in [6.45, 7) is 0. The Kier molecular flexibility index (Phi) is 3.08. The van der Waals surface area contributed by atoms with Crippen LogP contribution in [0, 0.1) is 21.7 Å². The molecule has 10 nitrogen and oxygen atoms in total. The standard InChI is InChI=1S/C30H20N2O8/c33-23-27-15-5-6-16(37-15)28(27,18-8-7-17(27)38-18)24(34)31(23)13-1-2-14(4-3-13)32-25(35)29-19-9-10-20(39-19)30(29,26(32)36)22-12-11-21(29)40-22/h1-12,15-22H/t15-,16+,17+,18-,19-,20+,21+,22-,27?,28?,29?,30?. The quantitative estimate of drug-likeness (QED) is 0.402. The van der Waals surface area contributed by atoms with Crippen LogP contribution in [0.1, 0.15) is 0 Å². The van der Waals surface area contributed by atoms with Gasteiger partial charge in [0.05, 0.1) is 60.2 Å². The molecule has 11 rings (SSSR count). The summed E-state index contributed by atoms with van der Waals surface area (Å²) in [6.07, 6.45) is 10.7. The van der Waals surface area contributed by atoms with Crippen molar-refractivity contribution in [2.45, 2.75) is 48.8 Å². The topological polar surface area (TPSA) is 112 Å². The maximum atomic E-state index is 14.2. The van der Waals surface area contributed by atoms with Crippen molar-refractivity contribution >= 4 is 35.0 Å². The number of carbonyl (C=O) groups is 4. The largest absolute Gasteiger partial charge is 0.364 e. The molecule has 0 N–H and O–H groups in total. The second-order valence-electron chi connectivity index (χ2n) is 12.3. The van der Waals surface area contributed by atoms with Crippen LogP contribution in [0.5, 0.6) is 0 Å². The van der Waals surface area contributed by atoms with Crippen LogP contribution in [0.15, 0.2) is 72.9 Å². The first-order chi connectivity index (χ1) is 19.4. The van der Waals surface area contributed by atoms with Gasteiger partial charge < -0.3 is 18.9 Å². The highest BCUT2D eigenvalue weighted by Gasteiger charge is 2.90. The van der Waals surface area contributed by atoms with Gasteiger partial charge in [0, 0.05) is 0 Å². The fourth-order valence-corrected chi connectivity index (χ4v) is 10.2. The molecule has 0 spiro atoms. The first-order valence-electron chi connectivity index (χ1n) is 13.7. The number of anilines is 2. The van der Waals surface area contributed by atoms with Gasteiger partial charge in [0.15, 0.2) is 0 Å². The Hall–Kier alpha value is -3.70. The van der Waals surface area contributed by atoms with E-state index >= 15 is 0 Å². The van der Waals surface area contributed by atoms with Crippen molar-refractivity contribution in [1.29, 1.82) is 0 Å². The Morgan fingerprint density at radius 3 is 0.800 bits per heavy atom. The van der Waals surface area contributed by atoms with Gasteiger partial charge in [-0.1, -0.05) is 48.6 Å². The van der Waals surface area contributed by atoms with E-state index in [2.05, 4.69) is 0 Å². The van der Waals surface area contributed by atoms with E-state index in [9.17, 15) is 19.2 Å². The van der Waals surface area contributed by atoms with Gasteiger partial charge in [-0.2, -0.15) is 0 Å². The van der Waals surface area contributed by atoms with Crippen molar-refractivity contribution < 1.29 is 38.1 Å². The Bertz CT molecular complexity index is 1420. The van der Waals surface area contributed by atoms with E-state index in [-0.39, 0.29) is 23.6 Å². The Morgan fingerprint density at radius 2 is 0.600 bits per heavy atom.